The summed E-state index contributed by atoms with van der Waals surface area (Å²) in [5, 5.41) is 0. The predicted octanol–water partition coefficient (Wildman–Crippen LogP) is 2.82. The first-order chi connectivity index (χ1) is 10.8. The van der Waals surface area contributed by atoms with Crippen molar-refractivity contribution in [3.63, 3.8) is 0 Å². The van der Waals surface area contributed by atoms with Crippen molar-refractivity contribution in [1.82, 2.24) is 0 Å². The van der Waals surface area contributed by atoms with Gasteiger partial charge in [-0.1, -0.05) is 50.2 Å². The molecular formula is C13H22F3O6S-. The van der Waals surface area contributed by atoms with E-state index < -0.39 is 23.1 Å². The van der Waals surface area contributed by atoms with Gasteiger partial charge < -0.3 is 14.0 Å². The number of ether oxygens (including phenoxy) is 2. The van der Waals surface area contributed by atoms with Crippen LogP contribution >= 0.6 is 0 Å². The minimum absolute atomic E-state index is 0.178. The van der Waals surface area contributed by atoms with E-state index in [1.165, 1.54) is 7.11 Å². The summed E-state index contributed by atoms with van der Waals surface area (Å²) in [5.41, 5.74) is 0. The number of methoxy groups -OCH3 is 1. The monoisotopic (exact) mass is 363 g/mol. The second-order valence-corrected chi connectivity index (χ2v) is 3.39. The minimum atomic E-state index is -5.42. The molecule has 0 unspecified atom stereocenters. The molecule has 0 saturated carbocycles. The van der Waals surface area contributed by atoms with Crippen molar-refractivity contribution in [2.75, 3.05) is 27.8 Å². The number of benzene rings is 1. The Bertz CT molecular complexity index is 380. The van der Waals surface area contributed by atoms with Gasteiger partial charge in [-0.25, -0.2) is 17.6 Å². The highest BCUT2D eigenvalue weighted by atomic mass is 32.3. The highest BCUT2D eigenvalue weighted by molar-refractivity contribution is 7.80. The van der Waals surface area contributed by atoms with Crippen LogP contribution in [0.5, 0.6) is 0 Å². The first-order valence-electron chi connectivity index (χ1n) is 6.05. The van der Waals surface area contributed by atoms with Crippen molar-refractivity contribution >= 4 is 16.5 Å². The normalized spacial score (nSPS) is 8.17. The number of rotatable bonds is 3. The molecule has 0 saturated heterocycles. The van der Waals surface area contributed by atoms with E-state index in [0.717, 1.165) is 0 Å². The standard InChI is InChI=1S/C6H6.C4H7FO3.C2H6.CH3F.FHO3S/c1-2-4-6-5-3-1;1-7-3-8-4(6)2-5;2*1-2;1-5(2,3)4/h1-6H;2-3H2,1H3;1-2H3;1H3;(H,2,3,4)/p-1. The Kier molecular flexibility index (Phi) is 32.3. The molecule has 1 rings (SSSR count). The zero-order valence-corrected chi connectivity index (χ0v) is 14.2. The highest BCUT2D eigenvalue weighted by Gasteiger charge is 1.96. The molecule has 0 aromatic heterocycles. The average Bonchev–Trinajstić information content (AvgIpc) is 2.57. The minimum Gasteiger partial charge on any atom is -0.722 e. The largest absolute Gasteiger partial charge is 0.722 e. The maximum absolute atomic E-state index is 11.2. The van der Waals surface area contributed by atoms with Crippen LogP contribution in [0.4, 0.5) is 12.7 Å². The van der Waals surface area contributed by atoms with Crippen LogP contribution < -0.4 is 0 Å². The molecule has 1 aromatic rings. The van der Waals surface area contributed by atoms with E-state index in [9.17, 15) is 17.5 Å². The zero-order chi connectivity index (χ0) is 19.1. The molecule has 0 aliphatic heterocycles. The van der Waals surface area contributed by atoms with Gasteiger partial charge >= 0.3 is 5.97 Å². The molecule has 1 aromatic carbocycles. The van der Waals surface area contributed by atoms with E-state index in [1.807, 2.05) is 50.2 Å². The number of carbonyl (C=O) groups is 1. The quantitative estimate of drug-likeness (QED) is 0.355. The molecule has 0 bridgehead atoms. The Morgan fingerprint density at radius 1 is 1.04 bits per heavy atom. The van der Waals surface area contributed by atoms with Crippen molar-refractivity contribution in [3.05, 3.63) is 36.4 Å². The van der Waals surface area contributed by atoms with Crippen LogP contribution in [0, 0.1) is 0 Å². The fourth-order valence-electron chi connectivity index (χ4n) is 0.548. The van der Waals surface area contributed by atoms with Crippen LogP contribution in [0.15, 0.2) is 36.4 Å². The molecule has 0 heterocycles. The molecule has 0 amide bonds. The molecule has 0 aliphatic rings. The van der Waals surface area contributed by atoms with Crippen molar-refractivity contribution in [1.29, 1.82) is 0 Å². The Balaban J connectivity index is -0.000000108. The third kappa shape index (κ3) is 64.0. The summed E-state index contributed by atoms with van der Waals surface area (Å²) in [6.07, 6.45) is 0. The van der Waals surface area contributed by atoms with Gasteiger partial charge in [-0.3, -0.25) is 4.39 Å². The molecule has 0 radical (unpaired) electrons. The lowest BCUT2D eigenvalue weighted by Crippen LogP contribution is -2.07. The Labute approximate surface area is 135 Å². The second kappa shape index (κ2) is 25.3. The van der Waals surface area contributed by atoms with E-state index in [-0.39, 0.29) is 6.79 Å². The number of hydrogen-bond donors (Lipinski definition) is 0. The predicted molar refractivity (Wildman–Crippen MR) is 79.6 cm³/mol. The summed E-state index contributed by atoms with van der Waals surface area (Å²) in [7, 11) is -3.56. The lowest BCUT2D eigenvalue weighted by molar-refractivity contribution is -0.154. The summed E-state index contributed by atoms with van der Waals surface area (Å²) < 4.78 is 64.4. The lowest BCUT2D eigenvalue weighted by Gasteiger charge is -1.96. The zero-order valence-electron chi connectivity index (χ0n) is 13.4. The first-order valence-corrected chi connectivity index (χ1v) is 7.36. The summed E-state index contributed by atoms with van der Waals surface area (Å²) in [4.78, 5) is 9.89. The molecule has 10 heteroatoms. The summed E-state index contributed by atoms with van der Waals surface area (Å²) >= 11 is 0. The van der Waals surface area contributed by atoms with Crippen LogP contribution in [-0.2, 0) is 24.8 Å². The molecular weight excluding hydrogens is 341 g/mol. The van der Waals surface area contributed by atoms with Crippen molar-refractivity contribution in [2.24, 2.45) is 0 Å². The van der Waals surface area contributed by atoms with E-state index in [0.29, 0.717) is 7.18 Å². The fourth-order valence-corrected chi connectivity index (χ4v) is 0.548. The van der Waals surface area contributed by atoms with Gasteiger partial charge in [-0.2, -0.15) is 0 Å². The molecule has 0 spiro atoms. The molecule has 0 fully saturated rings. The van der Waals surface area contributed by atoms with Gasteiger partial charge in [0.25, 0.3) is 10.5 Å². The molecule has 6 nitrogen and oxygen atoms in total. The SMILES string of the molecule is CC.CF.COCOC(=O)CF.O=S(=O)([O-])F.c1ccccc1. The van der Waals surface area contributed by atoms with Crippen molar-refractivity contribution in [3.8, 4) is 0 Å². The summed E-state index contributed by atoms with van der Waals surface area (Å²) in [6, 6.07) is 12.0. The molecule has 0 aliphatic carbocycles. The molecule has 0 N–H and O–H groups in total. The van der Waals surface area contributed by atoms with Crippen LogP contribution in [0.2, 0.25) is 0 Å². The maximum atomic E-state index is 11.2. The molecule has 0 atom stereocenters. The van der Waals surface area contributed by atoms with Crippen molar-refractivity contribution in [2.45, 2.75) is 13.8 Å². The number of alkyl halides is 2. The third-order valence-electron chi connectivity index (χ3n) is 1.11. The Morgan fingerprint density at radius 3 is 1.48 bits per heavy atom. The van der Waals surface area contributed by atoms with Gasteiger partial charge in [0.15, 0.2) is 13.5 Å². The molecule has 138 valence electrons. The summed E-state index contributed by atoms with van der Waals surface area (Å²) in [5.74, 6) is -0.896. The number of carbonyl (C=O) groups excluding carboxylic acids is 1. The van der Waals surface area contributed by atoms with Gasteiger partial charge in [0.1, 0.15) is 0 Å². The average molecular weight is 363 g/mol. The van der Waals surface area contributed by atoms with Crippen LogP contribution in [0.3, 0.4) is 0 Å². The van der Waals surface area contributed by atoms with E-state index in [4.69, 9.17) is 13.0 Å². The van der Waals surface area contributed by atoms with Gasteiger partial charge in [-0.15, -0.1) is 3.89 Å². The van der Waals surface area contributed by atoms with Gasteiger partial charge in [0.2, 0.25) is 0 Å². The second-order valence-electron chi connectivity index (χ2n) is 2.60. The van der Waals surface area contributed by atoms with Crippen LogP contribution in [0.25, 0.3) is 0 Å². The van der Waals surface area contributed by atoms with E-state index >= 15 is 0 Å². The Hall–Kier alpha value is -1.65. The van der Waals surface area contributed by atoms with Crippen LogP contribution in [0.1, 0.15) is 13.8 Å². The topological polar surface area (TPSA) is 92.7 Å². The van der Waals surface area contributed by atoms with Gasteiger partial charge in [-0.05, 0) is 0 Å². The third-order valence-corrected chi connectivity index (χ3v) is 1.11. The van der Waals surface area contributed by atoms with Crippen molar-refractivity contribution < 1.29 is 39.9 Å². The maximum Gasteiger partial charge on any atom is 0.339 e. The van der Waals surface area contributed by atoms with E-state index in [1.54, 1.807) is 0 Å². The van der Waals surface area contributed by atoms with E-state index in [2.05, 4.69) is 9.47 Å². The number of halogens is 3. The van der Waals surface area contributed by atoms with Gasteiger partial charge in [0, 0.05) is 7.11 Å². The fraction of sp³-hybridized carbons (Fsp3) is 0.462. The smallest absolute Gasteiger partial charge is 0.339 e. The first kappa shape index (κ1) is 29.4. The molecule has 23 heavy (non-hydrogen) atoms. The van der Waals surface area contributed by atoms with Gasteiger partial charge in [0.05, 0.1) is 7.18 Å². The number of hydrogen-bond acceptors (Lipinski definition) is 6. The highest BCUT2D eigenvalue weighted by Crippen LogP contribution is 1.80. The lowest BCUT2D eigenvalue weighted by atomic mass is 10.4. The number of esters is 1. The van der Waals surface area contributed by atoms with Crippen LogP contribution in [-0.4, -0.2) is 46.7 Å². The summed E-state index contributed by atoms with van der Waals surface area (Å²) in [6.45, 7) is 2.73. The Morgan fingerprint density at radius 2 is 1.30 bits per heavy atom.